The zero-order chi connectivity index (χ0) is 19.2. The predicted octanol–water partition coefficient (Wildman–Crippen LogP) is 8.29. The normalized spacial score (nSPS) is 16.0. The predicted molar refractivity (Wildman–Crippen MR) is 114 cm³/mol. The molecule has 0 saturated carbocycles. The Kier molecular flexibility index (Phi) is 14.0. The molecule has 0 bridgehead atoms. The van der Waals surface area contributed by atoms with Crippen molar-refractivity contribution in [2.45, 2.75) is 144 Å². The Morgan fingerprint density at radius 2 is 1.12 bits per heavy atom. The molecule has 152 valence electrons. The summed E-state index contributed by atoms with van der Waals surface area (Å²) < 4.78 is 0. The summed E-state index contributed by atoms with van der Waals surface area (Å²) >= 11 is 0. The first kappa shape index (κ1) is 25.0. The van der Waals surface area contributed by atoms with Crippen LogP contribution in [0.1, 0.15) is 138 Å². The van der Waals surface area contributed by atoms with Crippen LogP contribution in [0.25, 0.3) is 0 Å². The van der Waals surface area contributed by atoms with Gasteiger partial charge in [0.1, 0.15) is 0 Å². The Balaban J connectivity index is 5.30. The second-order valence-electron chi connectivity index (χ2n) is 8.70. The highest BCUT2D eigenvalue weighted by Gasteiger charge is 2.39. The molecule has 0 aromatic carbocycles. The third-order valence-corrected chi connectivity index (χ3v) is 6.92. The second-order valence-corrected chi connectivity index (χ2v) is 8.70. The highest BCUT2D eigenvalue weighted by Crippen LogP contribution is 2.46. The lowest BCUT2D eigenvalue weighted by atomic mass is 9.64. The molecule has 0 saturated heterocycles. The molecule has 2 atom stereocenters. The minimum atomic E-state index is -0.126. The highest BCUT2D eigenvalue weighted by atomic mass is 16.3. The van der Waals surface area contributed by atoms with Gasteiger partial charge in [0.2, 0.25) is 0 Å². The van der Waals surface area contributed by atoms with E-state index in [9.17, 15) is 5.11 Å². The van der Waals surface area contributed by atoms with Crippen molar-refractivity contribution in [3.8, 4) is 0 Å². The average molecular weight is 355 g/mol. The van der Waals surface area contributed by atoms with Crippen molar-refractivity contribution in [2.24, 2.45) is 10.8 Å². The van der Waals surface area contributed by atoms with Crippen LogP contribution in [-0.2, 0) is 0 Å². The Morgan fingerprint density at radius 3 is 1.60 bits per heavy atom. The van der Waals surface area contributed by atoms with Crippen molar-refractivity contribution >= 4 is 0 Å². The molecule has 0 aromatic rings. The van der Waals surface area contributed by atoms with Gasteiger partial charge in [0.25, 0.3) is 0 Å². The molecule has 1 nitrogen and oxygen atoms in total. The van der Waals surface area contributed by atoms with Gasteiger partial charge in [0.05, 0.1) is 6.10 Å². The lowest BCUT2D eigenvalue weighted by Gasteiger charge is -2.43. The second kappa shape index (κ2) is 14.1. The van der Waals surface area contributed by atoms with Gasteiger partial charge < -0.3 is 5.11 Å². The SMILES string of the molecule is CCCCCC(CCC)(CCCC)CC(O)C(CC)(CC)CCCC. The molecule has 0 aliphatic rings. The quantitative estimate of drug-likeness (QED) is 0.260. The first-order valence-corrected chi connectivity index (χ1v) is 11.7. The third kappa shape index (κ3) is 8.46. The van der Waals surface area contributed by atoms with Gasteiger partial charge in [-0.2, -0.15) is 0 Å². The standard InChI is InChI=1S/C24H50O/c1-7-13-16-19-23(17-10-4,18-14-8-2)21-22(25)24(11-5,12-6)20-15-9-3/h22,25H,7-21H2,1-6H3. The topological polar surface area (TPSA) is 20.2 Å². The zero-order valence-electron chi connectivity index (χ0n) is 18.6. The van der Waals surface area contributed by atoms with E-state index in [-0.39, 0.29) is 11.5 Å². The number of hydrogen-bond acceptors (Lipinski definition) is 1. The van der Waals surface area contributed by atoms with Crippen molar-refractivity contribution < 1.29 is 5.11 Å². The number of rotatable bonds is 17. The van der Waals surface area contributed by atoms with Crippen LogP contribution < -0.4 is 0 Å². The first-order valence-electron chi connectivity index (χ1n) is 11.7. The van der Waals surface area contributed by atoms with E-state index >= 15 is 0 Å². The summed E-state index contributed by atoms with van der Waals surface area (Å²) in [4.78, 5) is 0. The van der Waals surface area contributed by atoms with Gasteiger partial charge in [-0.25, -0.2) is 0 Å². The first-order chi connectivity index (χ1) is 12.0. The molecule has 0 aliphatic heterocycles. The van der Waals surface area contributed by atoms with Crippen molar-refractivity contribution in [1.29, 1.82) is 0 Å². The lowest BCUT2D eigenvalue weighted by Crippen LogP contribution is -2.39. The van der Waals surface area contributed by atoms with Crippen molar-refractivity contribution in [3.05, 3.63) is 0 Å². The van der Waals surface area contributed by atoms with Crippen LogP contribution in [0.15, 0.2) is 0 Å². The van der Waals surface area contributed by atoms with Crippen LogP contribution in [0, 0.1) is 10.8 Å². The maximum Gasteiger partial charge on any atom is 0.0601 e. The smallest absolute Gasteiger partial charge is 0.0601 e. The summed E-state index contributed by atoms with van der Waals surface area (Å²) in [5.41, 5.74) is 0.521. The molecule has 1 heteroatoms. The van der Waals surface area contributed by atoms with E-state index in [1.54, 1.807) is 0 Å². The number of aliphatic hydroxyl groups excluding tert-OH is 1. The van der Waals surface area contributed by atoms with Crippen LogP contribution in [0.5, 0.6) is 0 Å². The zero-order valence-corrected chi connectivity index (χ0v) is 18.6. The Morgan fingerprint density at radius 1 is 0.600 bits per heavy atom. The Labute approximate surface area is 160 Å². The number of unbranched alkanes of at least 4 members (excludes halogenated alkanes) is 4. The molecular formula is C24H50O. The van der Waals surface area contributed by atoms with Crippen LogP contribution in [0.2, 0.25) is 0 Å². The van der Waals surface area contributed by atoms with E-state index in [1.165, 1.54) is 77.0 Å². The Hall–Kier alpha value is -0.0400. The molecule has 1 N–H and O–H groups in total. The van der Waals surface area contributed by atoms with Gasteiger partial charge in [-0.15, -0.1) is 0 Å². The van der Waals surface area contributed by atoms with Crippen LogP contribution in [0.4, 0.5) is 0 Å². The van der Waals surface area contributed by atoms with Crippen molar-refractivity contribution in [3.63, 3.8) is 0 Å². The van der Waals surface area contributed by atoms with Gasteiger partial charge in [0, 0.05) is 0 Å². The van der Waals surface area contributed by atoms with Crippen LogP contribution >= 0.6 is 0 Å². The van der Waals surface area contributed by atoms with E-state index in [1.807, 2.05) is 0 Å². The molecule has 0 aliphatic carbocycles. The molecule has 2 unspecified atom stereocenters. The number of hydrogen-bond donors (Lipinski definition) is 1. The van der Waals surface area contributed by atoms with Crippen molar-refractivity contribution in [1.82, 2.24) is 0 Å². The summed E-state index contributed by atoms with van der Waals surface area (Å²) in [6.45, 7) is 13.8. The molecule has 25 heavy (non-hydrogen) atoms. The molecular weight excluding hydrogens is 304 g/mol. The number of aliphatic hydroxyl groups is 1. The van der Waals surface area contributed by atoms with E-state index in [2.05, 4.69) is 41.5 Å². The largest absolute Gasteiger partial charge is 0.393 e. The molecule has 0 spiro atoms. The van der Waals surface area contributed by atoms with E-state index in [0.717, 1.165) is 19.3 Å². The van der Waals surface area contributed by atoms with Crippen molar-refractivity contribution in [2.75, 3.05) is 0 Å². The van der Waals surface area contributed by atoms with Gasteiger partial charge in [-0.1, -0.05) is 92.9 Å². The molecule has 0 heterocycles. The third-order valence-electron chi connectivity index (χ3n) is 6.92. The molecule has 0 radical (unpaired) electrons. The fraction of sp³-hybridized carbons (Fsp3) is 1.00. The highest BCUT2D eigenvalue weighted by molar-refractivity contribution is 4.91. The summed E-state index contributed by atoms with van der Waals surface area (Å²) in [5, 5.41) is 11.4. The lowest BCUT2D eigenvalue weighted by molar-refractivity contribution is -0.0332. The van der Waals surface area contributed by atoms with E-state index < -0.39 is 0 Å². The van der Waals surface area contributed by atoms with Crippen LogP contribution in [-0.4, -0.2) is 11.2 Å². The van der Waals surface area contributed by atoms with Gasteiger partial charge in [-0.05, 0) is 55.8 Å². The maximum atomic E-state index is 11.4. The monoisotopic (exact) mass is 354 g/mol. The minimum absolute atomic E-state index is 0.126. The average Bonchev–Trinajstić information content (AvgIpc) is 2.62. The van der Waals surface area contributed by atoms with Gasteiger partial charge in [0.15, 0.2) is 0 Å². The summed E-state index contributed by atoms with van der Waals surface area (Å²) in [6.07, 6.45) is 18.6. The van der Waals surface area contributed by atoms with Gasteiger partial charge >= 0.3 is 0 Å². The van der Waals surface area contributed by atoms with E-state index in [0.29, 0.717) is 5.41 Å². The fourth-order valence-corrected chi connectivity index (χ4v) is 4.91. The summed E-state index contributed by atoms with van der Waals surface area (Å²) in [6, 6.07) is 0. The molecule has 0 rings (SSSR count). The van der Waals surface area contributed by atoms with Crippen LogP contribution in [0.3, 0.4) is 0 Å². The molecule has 0 aromatic heterocycles. The molecule has 0 fully saturated rings. The molecule has 0 amide bonds. The summed E-state index contributed by atoms with van der Waals surface area (Å²) in [7, 11) is 0. The Bertz CT molecular complexity index is 294. The minimum Gasteiger partial charge on any atom is -0.393 e. The maximum absolute atomic E-state index is 11.4. The summed E-state index contributed by atoms with van der Waals surface area (Å²) in [5.74, 6) is 0. The van der Waals surface area contributed by atoms with Gasteiger partial charge in [-0.3, -0.25) is 0 Å². The fourth-order valence-electron chi connectivity index (χ4n) is 4.91. The van der Waals surface area contributed by atoms with E-state index in [4.69, 9.17) is 0 Å².